The fourth-order valence-corrected chi connectivity index (χ4v) is 2.34. The second-order valence-electron chi connectivity index (χ2n) is 3.89. The number of hydrogen-bond donors (Lipinski definition) is 1. The molecule has 1 aromatic carbocycles. The van der Waals surface area contributed by atoms with Crippen molar-refractivity contribution in [3.05, 3.63) is 52.5 Å². The van der Waals surface area contributed by atoms with E-state index in [1.165, 1.54) is 4.88 Å². The monoisotopic (exact) mass is 257 g/mol. The normalized spacial score (nSPS) is 10.7. The number of nitrogens with two attached hydrogens (primary N) is 1. The van der Waals surface area contributed by atoms with Gasteiger partial charge >= 0.3 is 0 Å². The summed E-state index contributed by atoms with van der Waals surface area (Å²) in [7, 11) is 0. The average molecular weight is 257 g/mol. The molecule has 5 heteroatoms. The van der Waals surface area contributed by atoms with Gasteiger partial charge in [0.1, 0.15) is 0 Å². The molecule has 0 aliphatic carbocycles. The lowest BCUT2D eigenvalue weighted by molar-refractivity contribution is 0.424. The molecule has 2 N–H and O–H groups in total. The van der Waals surface area contributed by atoms with Crippen LogP contribution in [0.3, 0.4) is 0 Å². The predicted octanol–water partition coefficient (Wildman–Crippen LogP) is 2.97. The van der Waals surface area contributed by atoms with E-state index in [0.29, 0.717) is 18.1 Å². The molecule has 0 saturated carbocycles. The summed E-state index contributed by atoms with van der Waals surface area (Å²) in [5, 5.41) is 6.02. The summed E-state index contributed by atoms with van der Waals surface area (Å²) < 4.78 is 5.24. The third-order valence-corrected chi connectivity index (χ3v) is 3.41. The summed E-state index contributed by atoms with van der Waals surface area (Å²) in [6.07, 6.45) is 0.705. The maximum Gasteiger partial charge on any atom is 0.257 e. The van der Waals surface area contributed by atoms with Crippen LogP contribution >= 0.6 is 11.3 Å². The standard InChI is InChI=1S/C13H11N3OS/c14-10-5-3-9(4-6-10)13-15-12(16-17-13)8-11-2-1-7-18-11/h1-7H,8,14H2. The Morgan fingerprint density at radius 1 is 1.17 bits per heavy atom. The van der Waals surface area contributed by atoms with Crippen molar-refractivity contribution in [2.45, 2.75) is 6.42 Å². The van der Waals surface area contributed by atoms with Gasteiger partial charge in [0.2, 0.25) is 0 Å². The van der Waals surface area contributed by atoms with E-state index in [2.05, 4.69) is 16.2 Å². The van der Waals surface area contributed by atoms with Crippen molar-refractivity contribution in [1.29, 1.82) is 0 Å². The predicted molar refractivity (Wildman–Crippen MR) is 71.3 cm³/mol. The number of thiophene rings is 1. The molecule has 0 fully saturated rings. The smallest absolute Gasteiger partial charge is 0.257 e. The van der Waals surface area contributed by atoms with E-state index in [9.17, 15) is 0 Å². The zero-order valence-electron chi connectivity index (χ0n) is 9.54. The summed E-state index contributed by atoms with van der Waals surface area (Å²) in [5.74, 6) is 1.23. The van der Waals surface area contributed by atoms with Crippen LogP contribution < -0.4 is 5.73 Å². The molecule has 2 heterocycles. The number of anilines is 1. The average Bonchev–Trinajstić information content (AvgIpc) is 3.02. The highest BCUT2D eigenvalue weighted by Gasteiger charge is 2.09. The highest BCUT2D eigenvalue weighted by molar-refractivity contribution is 7.09. The first kappa shape index (κ1) is 11.0. The third-order valence-electron chi connectivity index (χ3n) is 2.54. The van der Waals surface area contributed by atoms with Gasteiger partial charge in [-0.2, -0.15) is 4.98 Å². The van der Waals surface area contributed by atoms with Gasteiger partial charge in [0, 0.05) is 22.5 Å². The largest absolute Gasteiger partial charge is 0.399 e. The number of aromatic nitrogens is 2. The Labute approximate surface area is 108 Å². The Morgan fingerprint density at radius 3 is 2.72 bits per heavy atom. The van der Waals surface area contributed by atoms with Crippen LogP contribution in [0.2, 0.25) is 0 Å². The molecule has 4 nitrogen and oxygen atoms in total. The van der Waals surface area contributed by atoms with Crippen molar-refractivity contribution in [3.63, 3.8) is 0 Å². The molecular formula is C13H11N3OS. The van der Waals surface area contributed by atoms with Crippen LogP contribution in [0.15, 0.2) is 46.3 Å². The van der Waals surface area contributed by atoms with Crippen molar-refractivity contribution < 1.29 is 4.52 Å². The maximum atomic E-state index is 5.64. The fourth-order valence-electron chi connectivity index (χ4n) is 1.64. The van der Waals surface area contributed by atoms with Crippen LogP contribution in [-0.4, -0.2) is 10.1 Å². The molecule has 0 saturated heterocycles. The van der Waals surface area contributed by atoms with E-state index in [4.69, 9.17) is 10.3 Å². The van der Waals surface area contributed by atoms with E-state index in [1.807, 2.05) is 35.7 Å². The summed E-state index contributed by atoms with van der Waals surface area (Å²) in [5.41, 5.74) is 7.24. The molecule has 0 atom stereocenters. The number of nitrogen functional groups attached to an aromatic ring is 1. The van der Waals surface area contributed by atoms with Gasteiger partial charge in [0.15, 0.2) is 5.82 Å². The van der Waals surface area contributed by atoms with Gasteiger partial charge in [-0.15, -0.1) is 11.3 Å². The molecule has 3 rings (SSSR count). The lowest BCUT2D eigenvalue weighted by Gasteiger charge is -1.94. The first-order valence-corrected chi connectivity index (χ1v) is 6.40. The van der Waals surface area contributed by atoms with Crippen molar-refractivity contribution in [3.8, 4) is 11.5 Å². The molecule has 3 aromatic rings. The zero-order chi connectivity index (χ0) is 12.4. The van der Waals surface area contributed by atoms with Crippen LogP contribution in [-0.2, 0) is 6.42 Å². The Hall–Kier alpha value is -2.14. The lowest BCUT2D eigenvalue weighted by Crippen LogP contribution is -1.87. The molecule has 0 unspecified atom stereocenters. The van der Waals surface area contributed by atoms with Crippen molar-refractivity contribution in [2.24, 2.45) is 0 Å². The van der Waals surface area contributed by atoms with Crippen LogP contribution in [0.25, 0.3) is 11.5 Å². The van der Waals surface area contributed by atoms with Gasteiger partial charge < -0.3 is 10.3 Å². The molecule has 0 aliphatic heterocycles. The second-order valence-corrected chi connectivity index (χ2v) is 4.93. The van der Waals surface area contributed by atoms with E-state index < -0.39 is 0 Å². The van der Waals surface area contributed by atoms with Crippen molar-refractivity contribution >= 4 is 17.0 Å². The first-order chi connectivity index (χ1) is 8.81. The fraction of sp³-hybridized carbons (Fsp3) is 0.0769. The Bertz CT molecular complexity index is 629. The Kier molecular flexibility index (Phi) is 2.82. The summed E-state index contributed by atoms with van der Waals surface area (Å²) >= 11 is 1.69. The lowest BCUT2D eigenvalue weighted by atomic mass is 10.2. The topological polar surface area (TPSA) is 64.9 Å². The minimum Gasteiger partial charge on any atom is -0.399 e. The minimum atomic E-state index is 0.529. The number of nitrogens with zero attached hydrogens (tertiary/aromatic N) is 2. The number of benzene rings is 1. The van der Waals surface area contributed by atoms with Gasteiger partial charge in [-0.25, -0.2) is 0 Å². The third kappa shape index (κ3) is 2.26. The van der Waals surface area contributed by atoms with Gasteiger partial charge in [-0.1, -0.05) is 11.2 Å². The van der Waals surface area contributed by atoms with Crippen LogP contribution in [0.5, 0.6) is 0 Å². The maximum absolute atomic E-state index is 5.64. The minimum absolute atomic E-state index is 0.529. The molecule has 0 aliphatic rings. The number of hydrogen-bond acceptors (Lipinski definition) is 5. The van der Waals surface area contributed by atoms with Gasteiger partial charge in [-0.3, -0.25) is 0 Å². The molecule has 2 aromatic heterocycles. The first-order valence-electron chi connectivity index (χ1n) is 5.52. The quantitative estimate of drug-likeness (QED) is 0.732. The van der Waals surface area contributed by atoms with Crippen LogP contribution in [0.1, 0.15) is 10.7 Å². The molecule has 0 spiro atoms. The summed E-state index contributed by atoms with van der Waals surface area (Å²) in [6.45, 7) is 0. The van der Waals surface area contributed by atoms with Gasteiger partial charge in [0.05, 0.1) is 0 Å². The van der Waals surface area contributed by atoms with E-state index in [1.54, 1.807) is 11.3 Å². The van der Waals surface area contributed by atoms with Crippen molar-refractivity contribution in [2.75, 3.05) is 5.73 Å². The SMILES string of the molecule is Nc1ccc(-c2nc(Cc3cccs3)no2)cc1. The summed E-state index contributed by atoms with van der Waals surface area (Å²) in [4.78, 5) is 5.60. The highest BCUT2D eigenvalue weighted by Crippen LogP contribution is 2.20. The van der Waals surface area contributed by atoms with E-state index in [0.717, 1.165) is 11.3 Å². The van der Waals surface area contributed by atoms with Crippen LogP contribution in [0, 0.1) is 0 Å². The molecule has 0 radical (unpaired) electrons. The molecule has 18 heavy (non-hydrogen) atoms. The van der Waals surface area contributed by atoms with Gasteiger partial charge in [-0.05, 0) is 35.7 Å². The molecule has 0 amide bonds. The van der Waals surface area contributed by atoms with Gasteiger partial charge in [0.25, 0.3) is 5.89 Å². The molecular weight excluding hydrogens is 246 g/mol. The van der Waals surface area contributed by atoms with E-state index >= 15 is 0 Å². The van der Waals surface area contributed by atoms with E-state index in [-0.39, 0.29) is 0 Å². The number of rotatable bonds is 3. The Balaban J connectivity index is 1.83. The highest BCUT2D eigenvalue weighted by atomic mass is 32.1. The molecule has 0 bridgehead atoms. The zero-order valence-corrected chi connectivity index (χ0v) is 10.4. The summed E-state index contributed by atoms with van der Waals surface area (Å²) in [6, 6.07) is 11.5. The van der Waals surface area contributed by atoms with Crippen molar-refractivity contribution in [1.82, 2.24) is 10.1 Å². The Morgan fingerprint density at radius 2 is 2.00 bits per heavy atom. The molecule has 90 valence electrons. The second kappa shape index (κ2) is 4.62. The van der Waals surface area contributed by atoms with Crippen LogP contribution in [0.4, 0.5) is 5.69 Å².